The molecule has 108 valence electrons. The van der Waals surface area contributed by atoms with E-state index in [2.05, 4.69) is 18.7 Å². The van der Waals surface area contributed by atoms with Crippen LogP contribution in [0.3, 0.4) is 0 Å². The van der Waals surface area contributed by atoms with E-state index >= 15 is 0 Å². The molecular weight excluding hydrogens is 252 g/mol. The number of likely N-dealkylation sites (N-methyl/N-ethyl adjacent to an activating group) is 1. The Morgan fingerprint density at radius 2 is 1.75 bits per heavy atom. The molecule has 0 saturated heterocycles. The van der Waals surface area contributed by atoms with Gasteiger partial charge in [0.15, 0.2) is 0 Å². The predicted molar refractivity (Wildman–Crippen MR) is 80.4 cm³/mol. The molecule has 0 radical (unpaired) electrons. The monoisotopic (exact) mass is 274 g/mol. The number of rotatable bonds is 5. The van der Waals surface area contributed by atoms with Crippen LogP contribution in [0.2, 0.25) is 0 Å². The van der Waals surface area contributed by atoms with Crippen molar-refractivity contribution in [2.45, 2.75) is 27.7 Å². The number of nitrogens with zero attached hydrogens (tertiary/aromatic N) is 2. The van der Waals surface area contributed by atoms with Gasteiger partial charge in [0.2, 0.25) is 0 Å². The van der Waals surface area contributed by atoms with Crippen molar-refractivity contribution in [1.82, 2.24) is 4.90 Å². The van der Waals surface area contributed by atoms with Gasteiger partial charge in [-0.15, -0.1) is 0 Å². The first-order valence-electron chi connectivity index (χ1n) is 7.19. The van der Waals surface area contributed by atoms with Gasteiger partial charge in [0.1, 0.15) is 0 Å². The van der Waals surface area contributed by atoms with Gasteiger partial charge in [-0.05, 0) is 44.1 Å². The second kappa shape index (κ2) is 5.75. The SMILES string of the molecule is CCN(CC)CCN1C(=O)C(=O)c2cc(C)cc(C)c21. The molecule has 0 saturated carbocycles. The van der Waals surface area contributed by atoms with Crippen LogP contribution in [0.15, 0.2) is 12.1 Å². The highest BCUT2D eigenvalue weighted by Gasteiger charge is 2.36. The van der Waals surface area contributed by atoms with Gasteiger partial charge >= 0.3 is 0 Å². The van der Waals surface area contributed by atoms with E-state index in [9.17, 15) is 9.59 Å². The average molecular weight is 274 g/mol. The molecule has 20 heavy (non-hydrogen) atoms. The Morgan fingerprint density at radius 3 is 2.35 bits per heavy atom. The molecule has 0 fully saturated rings. The minimum atomic E-state index is -0.388. The van der Waals surface area contributed by atoms with Crippen molar-refractivity contribution in [2.24, 2.45) is 0 Å². The predicted octanol–water partition coefficient (Wildman–Crippen LogP) is 2.17. The van der Waals surface area contributed by atoms with Crippen molar-refractivity contribution in [3.05, 3.63) is 28.8 Å². The Kier molecular flexibility index (Phi) is 4.23. The summed E-state index contributed by atoms with van der Waals surface area (Å²) in [6.45, 7) is 11.4. The van der Waals surface area contributed by atoms with Crippen molar-refractivity contribution in [1.29, 1.82) is 0 Å². The van der Waals surface area contributed by atoms with Crippen LogP contribution < -0.4 is 4.90 Å². The van der Waals surface area contributed by atoms with Gasteiger partial charge in [-0.3, -0.25) is 9.59 Å². The Labute approximate surface area is 120 Å². The fraction of sp³-hybridized carbons (Fsp3) is 0.500. The summed E-state index contributed by atoms with van der Waals surface area (Å²) >= 11 is 0. The molecule has 4 heteroatoms. The molecule has 0 bridgehead atoms. The summed E-state index contributed by atoms with van der Waals surface area (Å²) in [5.74, 6) is -0.757. The zero-order valence-corrected chi connectivity index (χ0v) is 12.7. The molecule has 1 heterocycles. The first-order valence-corrected chi connectivity index (χ1v) is 7.19. The highest BCUT2D eigenvalue weighted by atomic mass is 16.2. The number of carbonyl (C=O) groups is 2. The molecule has 2 rings (SSSR count). The standard InChI is InChI=1S/C16H22N2O2/c1-5-17(6-2)7-8-18-14-12(4)9-11(3)10-13(14)15(19)16(18)20/h9-10H,5-8H2,1-4H3. The Hall–Kier alpha value is -1.68. The van der Waals surface area contributed by atoms with Crippen LogP contribution in [0.25, 0.3) is 0 Å². The lowest BCUT2D eigenvalue weighted by Crippen LogP contribution is -2.38. The summed E-state index contributed by atoms with van der Waals surface area (Å²) in [4.78, 5) is 28.2. The van der Waals surface area contributed by atoms with Crippen molar-refractivity contribution >= 4 is 17.4 Å². The molecule has 0 N–H and O–H groups in total. The molecule has 1 aromatic carbocycles. The molecule has 1 aromatic rings. The fourth-order valence-corrected chi connectivity index (χ4v) is 2.83. The van der Waals surface area contributed by atoms with Crippen LogP contribution in [-0.4, -0.2) is 42.8 Å². The summed E-state index contributed by atoms with van der Waals surface area (Å²) in [5.41, 5.74) is 3.39. The lowest BCUT2D eigenvalue weighted by molar-refractivity contribution is -0.114. The zero-order chi connectivity index (χ0) is 14.9. The van der Waals surface area contributed by atoms with Crippen LogP contribution in [0.4, 0.5) is 5.69 Å². The molecule has 0 spiro atoms. The molecule has 0 unspecified atom stereocenters. The first-order chi connectivity index (χ1) is 9.49. The second-order valence-corrected chi connectivity index (χ2v) is 5.29. The molecule has 1 amide bonds. The number of carbonyl (C=O) groups excluding carboxylic acids is 2. The summed E-state index contributed by atoms with van der Waals surface area (Å²) in [7, 11) is 0. The maximum Gasteiger partial charge on any atom is 0.299 e. The lowest BCUT2D eigenvalue weighted by atomic mass is 10.0. The highest BCUT2D eigenvalue weighted by Crippen LogP contribution is 2.33. The van der Waals surface area contributed by atoms with Gasteiger partial charge in [0.05, 0.1) is 11.3 Å². The number of amides is 1. The molecule has 4 nitrogen and oxygen atoms in total. The van der Waals surface area contributed by atoms with Crippen LogP contribution in [-0.2, 0) is 4.79 Å². The maximum absolute atomic E-state index is 12.2. The quantitative estimate of drug-likeness (QED) is 0.773. The topological polar surface area (TPSA) is 40.6 Å². The Bertz CT molecular complexity index is 548. The highest BCUT2D eigenvalue weighted by molar-refractivity contribution is 6.52. The third-order valence-electron chi connectivity index (χ3n) is 3.93. The van der Waals surface area contributed by atoms with Gasteiger partial charge in [-0.1, -0.05) is 19.9 Å². The first kappa shape index (κ1) is 14.7. The van der Waals surface area contributed by atoms with Gasteiger partial charge in [0.25, 0.3) is 11.7 Å². The van der Waals surface area contributed by atoms with Gasteiger partial charge in [-0.2, -0.15) is 0 Å². The number of fused-ring (bicyclic) bond motifs is 1. The third-order valence-corrected chi connectivity index (χ3v) is 3.93. The second-order valence-electron chi connectivity index (χ2n) is 5.29. The molecule has 1 aliphatic rings. The maximum atomic E-state index is 12.2. The number of benzene rings is 1. The molecule has 0 aliphatic carbocycles. The van der Waals surface area contributed by atoms with E-state index in [0.717, 1.165) is 36.4 Å². The van der Waals surface area contributed by atoms with E-state index in [1.165, 1.54) is 0 Å². The molecule has 1 aliphatic heterocycles. The van der Waals surface area contributed by atoms with Crippen LogP contribution in [0, 0.1) is 13.8 Å². The van der Waals surface area contributed by atoms with E-state index < -0.39 is 0 Å². The Balaban J connectivity index is 2.29. The van der Waals surface area contributed by atoms with Gasteiger partial charge in [-0.25, -0.2) is 0 Å². The minimum absolute atomic E-state index is 0.369. The smallest absolute Gasteiger partial charge is 0.299 e. The minimum Gasteiger partial charge on any atom is -0.303 e. The van der Waals surface area contributed by atoms with Crippen LogP contribution in [0.1, 0.15) is 35.3 Å². The lowest BCUT2D eigenvalue weighted by Gasteiger charge is -2.24. The van der Waals surface area contributed by atoms with Crippen molar-refractivity contribution in [3.63, 3.8) is 0 Å². The average Bonchev–Trinajstić information content (AvgIpc) is 2.65. The third kappa shape index (κ3) is 2.48. The van der Waals surface area contributed by atoms with Crippen LogP contribution >= 0.6 is 0 Å². The zero-order valence-electron chi connectivity index (χ0n) is 12.7. The number of Topliss-reactive ketones (excluding diaryl/α,β-unsaturated/α-hetero) is 1. The number of ketones is 1. The molecular formula is C16H22N2O2. The van der Waals surface area contributed by atoms with Crippen molar-refractivity contribution < 1.29 is 9.59 Å². The number of anilines is 1. The van der Waals surface area contributed by atoms with Crippen molar-refractivity contribution in [3.8, 4) is 0 Å². The molecule has 0 atom stereocenters. The number of hydrogen-bond acceptors (Lipinski definition) is 3. The van der Waals surface area contributed by atoms with Crippen molar-refractivity contribution in [2.75, 3.05) is 31.1 Å². The summed E-state index contributed by atoms with van der Waals surface area (Å²) in [6, 6.07) is 3.84. The van der Waals surface area contributed by atoms with Gasteiger partial charge < -0.3 is 9.80 Å². The van der Waals surface area contributed by atoms with Crippen LogP contribution in [0.5, 0.6) is 0 Å². The largest absolute Gasteiger partial charge is 0.303 e. The summed E-state index contributed by atoms with van der Waals surface area (Å²) in [6.07, 6.45) is 0. The Morgan fingerprint density at radius 1 is 1.10 bits per heavy atom. The van der Waals surface area contributed by atoms with E-state index in [0.29, 0.717) is 12.1 Å². The van der Waals surface area contributed by atoms with Gasteiger partial charge in [0, 0.05) is 13.1 Å². The normalized spacial score (nSPS) is 14.3. The summed E-state index contributed by atoms with van der Waals surface area (Å²) < 4.78 is 0. The number of hydrogen-bond donors (Lipinski definition) is 0. The fourth-order valence-electron chi connectivity index (χ4n) is 2.83. The van der Waals surface area contributed by atoms with E-state index in [1.54, 1.807) is 4.90 Å². The van der Waals surface area contributed by atoms with E-state index in [4.69, 9.17) is 0 Å². The molecule has 0 aromatic heterocycles. The number of aryl methyl sites for hydroxylation is 2. The van der Waals surface area contributed by atoms with E-state index in [1.807, 2.05) is 26.0 Å². The van der Waals surface area contributed by atoms with E-state index in [-0.39, 0.29) is 11.7 Å². The summed E-state index contributed by atoms with van der Waals surface area (Å²) in [5, 5.41) is 0.